The van der Waals surface area contributed by atoms with Crippen LogP contribution in [0.3, 0.4) is 0 Å². The molecule has 3 rings (SSSR count). The molecule has 0 fully saturated rings. The Morgan fingerprint density at radius 3 is 2.47 bits per heavy atom. The molecule has 0 bridgehead atoms. The fourth-order valence-electron chi connectivity index (χ4n) is 2.81. The van der Waals surface area contributed by atoms with Crippen molar-refractivity contribution < 1.29 is 17.6 Å². The number of anilines is 2. The quantitative estimate of drug-likeness (QED) is 0.473. The highest BCUT2D eigenvalue weighted by Crippen LogP contribution is 2.24. The highest BCUT2D eigenvalue weighted by molar-refractivity contribution is 9.10. The van der Waals surface area contributed by atoms with Crippen LogP contribution in [-0.2, 0) is 21.2 Å². The summed E-state index contributed by atoms with van der Waals surface area (Å²) in [5.74, 6) is -0.664. The summed E-state index contributed by atoms with van der Waals surface area (Å²) in [5.41, 5.74) is 1.99. The third-order valence-corrected chi connectivity index (χ3v) is 6.33. The van der Waals surface area contributed by atoms with Gasteiger partial charge in [0.25, 0.3) is 10.0 Å². The van der Waals surface area contributed by atoms with E-state index in [9.17, 15) is 17.6 Å². The summed E-state index contributed by atoms with van der Waals surface area (Å²) < 4.78 is 42.2. The summed E-state index contributed by atoms with van der Waals surface area (Å²) in [6, 6.07) is 17.7. The molecule has 5 nitrogen and oxygen atoms in total. The minimum Gasteiger partial charge on any atom is -0.326 e. The second kappa shape index (κ2) is 9.40. The monoisotopic (exact) mass is 490 g/mol. The van der Waals surface area contributed by atoms with Gasteiger partial charge in [-0.1, -0.05) is 46.3 Å². The van der Waals surface area contributed by atoms with E-state index in [1.165, 1.54) is 18.2 Å². The molecule has 0 saturated heterocycles. The van der Waals surface area contributed by atoms with Crippen molar-refractivity contribution in [2.75, 3.05) is 10.0 Å². The topological polar surface area (TPSA) is 75.3 Å². The van der Waals surface area contributed by atoms with E-state index in [4.69, 9.17) is 0 Å². The molecule has 0 aliphatic heterocycles. The zero-order chi connectivity index (χ0) is 21.7. The van der Waals surface area contributed by atoms with Crippen molar-refractivity contribution in [3.05, 3.63) is 88.1 Å². The fraction of sp³-hybridized carbons (Fsp3) is 0.136. The molecular formula is C22H20BrFN2O3S. The van der Waals surface area contributed by atoms with Crippen LogP contribution in [0.15, 0.2) is 76.1 Å². The molecule has 30 heavy (non-hydrogen) atoms. The summed E-state index contributed by atoms with van der Waals surface area (Å²) >= 11 is 3.20. The first kappa shape index (κ1) is 22.0. The van der Waals surface area contributed by atoms with Crippen molar-refractivity contribution in [3.8, 4) is 0 Å². The molecule has 0 aliphatic rings. The molecule has 8 heteroatoms. The first-order valence-corrected chi connectivity index (χ1v) is 11.4. The molecule has 0 aliphatic carbocycles. The van der Waals surface area contributed by atoms with Gasteiger partial charge in [-0.05, 0) is 60.9 Å². The first-order valence-electron chi connectivity index (χ1n) is 9.17. The smallest absolute Gasteiger partial charge is 0.261 e. The highest BCUT2D eigenvalue weighted by atomic mass is 79.9. The van der Waals surface area contributed by atoms with Gasteiger partial charge in [-0.25, -0.2) is 12.8 Å². The average Bonchev–Trinajstić information content (AvgIpc) is 2.70. The number of hydrogen-bond acceptors (Lipinski definition) is 3. The van der Waals surface area contributed by atoms with E-state index in [1.54, 1.807) is 55.5 Å². The largest absolute Gasteiger partial charge is 0.326 e. The molecule has 3 aromatic rings. The molecule has 0 atom stereocenters. The number of carbonyl (C=O) groups is 1. The van der Waals surface area contributed by atoms with Crippen LogP contribution in [0.1, 0.15) is 17.5 Å². The Labute approximate surface area is 183 Å². The van der Waals surface area contributed by atoms with Crippen LogP contribution < -0.4 is 10.0 Å². The van der Waals surface area contributed by atoms with Crippen LogP contribution in [0, 0.1) is 12.7 Å². The van der Waals surface area contributed by atoms with Crippen LogP contribution in [0.4, 0.5) is 15.8 Å². The van der Waals surface area contributed by atoms with E-state index in [0.29, 0.717) is 27.0 Å². The van der Waals surface area contributed by atoms with Crippen molar-refractivity contribution >= 4 is 43.2 Å². The van der Waals surface area contributed by atoms with Gasteiger partial charge in [-0.15, -0.1) is 0 Å². The lowest BCUT2D eigenvalue weighted by Gasteiger charge is -2.13. The van der Waals surface area contributed by atoms with Gasteiger partial charge in [-0.3, -0.25) is 9.52 Å². The van der Waals surface area contributed by atoms with Gasteiger partial charge in [0.05, 0.1) is 10.6 Å². The number of amides is 1. The average molecular weight is 491 g/mol. The molecule has 156 valence electrons. The molecule has 0 saturated carbocycles. The molecule has 0 heterocycles. The number of sulfonamides is 1. The zero-order valence-corrected chi connectivity index (χ0v) is 18.6. The van der Waals surface area contributed by atoms with Gasteiger partial charge in [0.1, 0.15) is 5.82 Å². The zero-order valence-electron chi connectivity index (χ0n) is 16.2. The van der Waals surface area contributed by atoms with Crippen molar-refractivity contribution in [3.63, 3.8) is 0 Å². The normalized spacial score (nSPS) is 11.2. The maximum Gasteiger partial charge on any atom is 0.261 e. The number of halogens is 2. The van der Waals surface area contributed by atoms with Gasteiger partial charge in [0, 0.05) is 16.6 Å². The number of aryl methyl sites for hydroxylation is 2. The standard InChI is InChI=1S/C22H20BrFN2O3S/c1-15-7-11-18(14-21(15)26-30(28,29)19-5-3-2-4-6-19)25-22(27)12-9-16-8-10-17(23)13-20(16)24/h2-8,10-11,13-14,26H,9,12H2,1H3,(H,25,27). The molecule has 0 unspecified atom stereocenters. The summed E-state index contributed by atoms with van der Waals surface area (Å²) in [7, 11) is -3.74. The molecule has 0 spiro atoms. The maximum atomic E-state index is 13.9. The Morgan fingerprint density at radius 1 is 1.03 bits per heavy atom. The number of carbonyl (C=O) groups excluding carboxylic acids is 1. The molecule has 1 amide bonds. The number of rotatable bonds is 7. The summed E-state index contributed by atoms with van der Waals surface area (Å²) in [6.07, 6.45) is 0.349. The summed E-state index contributed by atoms with van der Waals surface area (Å²) in [5, 5.41) is 2.73. The molecule has 0 aromatic heterocycles. The van der Waals surface area contributed by atoms with Crippen molar-refractivity contribution in [2.24, 2.45) is 0 Å². The number of nitrogens with one attached hydrogen (secondary N) is 2. The first-order chi connectivity index (χ1) is 14.2. The van der Waals surface area contributed by atoms with Crippen LogP contribution in [-0.4, -0.2) is 14.3 Å². The summed E-state index contributed by atoms with van der Waals surface area (Å²) in [6.45, 7) is 1.77. The third kappa shape index (κ3) is 5.67. The van der Waals surface area contributed by atoms with Crippen molar-refractivity contribution in [1.29, 1.82) is 0 Å². The minimum atomic E-state index is -3.74. The van der Waals surface area contributed by atoms with Crippen molar-refractivity contribution in [2.45, 2.75) is 24.7 Å². The summed E-state index contributed by atoms with van der Waals surface area (Å²) in [4.78, 5) is 12.4. The van der Waals surface area contributed by atoms with E-state index in [1.807, 2.05) is 0 Å². The maximum absolute atomic E-state index is 13.9. The van der Waals surface area contributed by atoms with E-state index in [0.717, 1.165) is 0 Å². The van der Waals surface area contributed by atoms with Crippen LogP contribution in [0.5, 0.6) is 0 Å². The van der Waals surface area contributed by atoms with E-state index < -0.39 is 10.0 Å². The second-order valence-electron chi connectivity index (χ2n) is 6.73. The minimum absolute atomic E-state index is 0.0947. The Hall–Kier alpha value is -2.71. The van der Waals surface area contributed by atoms with Gasteiger partial charge in [0.15, 0.2) is 0 Å². The highest BCUT2D eigenvalue weighted by Gasteiger charge is 2.15. The predicted molar refractivity (Wildman–Crippen MR) is 119 cm³/mol. The van der Waals surface area contributed by atoms with E-state index in [-0.39, 0.29) is 29.5 Å². The molecule has 0 radical (unpaired) electrons. The fourth-order valence-corrected chi connectivity index (χ4v) is 4.29. The Balaban J connectivity index is 1.68. The Kier molecular flexibility index (Phi) is 6.89. The van der Waals surface area contributed by atoms with Crippen molar-refractivity contribution in [1.82, 2.24) is 0 Å². The third-order valence-electron chi connectivity index (χ3n) is 4.46. The van der Waals surface area contributed by atoms with Gasteiger partial charge < -0.3 is 5.32 Å². The molecule has 3 aromatic carbocycles. The lowest BCUT2D eigenvalue weighted by Crippen LogP contribution is -2.15. The number of benzene rings is 3. The molecular weight excluding hydrogens is 471 g/mol. The Morgan fingerprint density at radius 2 is 1.77 bits per heavy atom. The number of hydrogen-bond donors (Lipinski definition) is 2. The second-order valence-corrected chi connectivity index (χ2v) is 9.33. The van der Waals surface area contributed by atoms with Crippen LogP contribution in [0.2, 0.25) is 0 Å². The van der Waals surface area contributed by atoms with E-state index in [2.05, 4.69) is 26.0 Å². The Bertz CT molecular complexity index is 1170. The predicted octanol–water partition coefficient (Wildman–Crippen LogP) is 5.27. The van der Waals surface area contributed by atoms with Crippen LogP contribution in [0.25, 0.3) is 0 Å². The van der Waals surface area contributed by atoms with E-state index >= 15 is 0 Å². The lowest BCUT2D eigenvalue weighted by atomic mass is 10.1. The van der Waals surface area contributed by atoms with Gasteiger partial charge in [-0.2, -0.15) is 0 Å². The molecule has 2 N–H and O–H groups in total. The van der Waals surface area contributed by atoms with Gasteiger partial charge >= 0.3 is 0 Å². The SMILES string of the molecule is Cc1ccc(NC(=O)CCc2ccc(Br)cc2F)cc1NS(=O)(=O)c1ccccc1. The lowest BCUT2D eigenvalue weighted by molar-refractivity contribution is -0.116. The van der Waals surface area contributed by atoms with Crippen LogP contribution >= 0.6 is 15.9 Å². The van der Waals surface area contributed by atoms with Gasteiger partial charge in [0.2, 0.25) is 5.91 Å².